The van der Waals surface area contributed by atoms with E-state index in [0.717, 1.165) is 44.5 Å². The molecular formula is C20H29Cl2N5O3. The van der Waals surface area contributed by atoms with Crippen LogP contribution in [0.4, 0.5) is 0 Å². The van der Waals surface area contributed by atoms with Gasteiger partial charge >= 0.3 is 5.69 Å². The lowest BCUT2D eigenvalue weighted by Crippen LogP contribution is -2.46. The van der Waals surface area contributed by atoms with E-state index in [0.29, 0.717) is 23.7 Å². The first-order chi connectivity index (χ1) is 13.4. The maximum Gasteiger partial charge on any atom is 0.330 e. The van der Waals surface area contributed by atoms with Crippen LogP contribution in [-0.2, 0) is 6.54 Å². The number of carbonyl (C=O) groups excluding carboxylic acids is 1. The van der Waals surface area contributed by atoms with E-state index in [4.69, 9.17) is 0 Å². The van der Waals surface area contributed by atoms with Crippen LogP contribution in [0.25, 0.3) is 11.0 Å². The molecule has 3 N–H and O–H groups in total. The maximum absolute atomic E-state index is 13.1. The number of H-pyrrole nitrogens is 1. The molecule has 1 atom stereocenters. The van der Waals surface area contributed by atoms with Gasteiger partial charge in [0.2, 0.25) is 0 Å². The highest BCUT2D eigenvalue weighted by atomic mass is 35.5. The number of hydrogen-bond acceptors (Lipinski definition) is 5. The molecule has 166 valence electrons. The second-order valence-corrected chi connectivity index (χ2v) is 8.35. The number of nitrogens with one attached hydrogen (secondary N) is 3. The van der Waals surface area contributed by atoms with Crippen LogP contribution in [0.5, 0.6) is 0 Å². The molecule has 2 aliphatic rings. The molecule has 2 fully saturated rings. The summed E-state index contributed by atoms with van der Waals surface area (Å²) < 4.78 is 1.49. The van der Waals surface area contributed by atoms with Crippen molar-refractivity contribution in [1.82, 2.24) is 25.2 Å². The number of carbonyl (C=O) groups is 1. The molecule has 1 saturated carbocycles. The summed E-state index contributed by atoms with van der Waals surface area (Å²) in [6.45, 7) is 6.10. The minimum absolute atomic E-state index is 0. The third-order valence-electron chi connectivity index (χ3n) is 5.39. The van der Waals surface area contributed by atoms with Crippen molar-refractivity contribution in [2.75, 3.05) is 13.1 Å². The van der Waals surface area contributed by atoms with E-state index >= 15 is 0 Å². The van der Waals surface area contributed by atoms with Gasteiger partial charge in [-0.25, -0.2) is 9.78 Å². The summed E-state index contributed by atoms with van der Waals surface area (Å²) in [6, 6.07) is 1.78. The Kier molecular flexibility index (Phi) is 8.07. The first-order valence-electron chi connectivity index (χ1n) is 10.1. The van der Waals surface area contributed by atoms with Crippen LogP contribution in [-0.4, -0.2) is 39.6 Å². The van der Waals surface area contributed by atoms with Crippen molar-refractivity contribution in [3.63, 3.8) is 0 Å². The van der Waals surface area contributed by atoms with Crippen LogP contribution in [0.1, 0.15) is 61.5 Å². The summed E-state index contributed by atoms with van der Waals surface area (Å²) in [5.41, 5.74) is 0.396. The lowest BCUT2D eigenvalue weighted by atomic mass is 10.0. The van der Waals surface area contributed by atoms with Crippen molar-refractivity contribution in [2.45, 2.75) is 58.0 Å². The summed E-state index contributed by atoms with van der Waals surface area (Å²) in [6.07, 6.45) is 3.95. The second kappa shape index (κ2) is 9.94. The molecule has 1 aliphatic heterocycles. The lowest BCUT2D eigenvalue weighted by Gasteiger charge is -2.24. The Morgan fingerprint density at radius 1 is 1.27 bits per heavy atom. The summed E-state index contributed by atoms with van der Waals surface area (Å²) in [5.74, 6) is 0.223. The predicted octanol–water partition coefficient (Wildman–Crippen LogP) is 1.94. The molecule has 3 heterocycles. The highest BCUT2D eigenvalue weighted by molar-refractivity contribution is 6.05. The standard InChI is InChI=1S/C20H27N5O3.2ClH/c1-11(2)10-25-17-16(19(27)24-20(25)28)14(8-15(23-17)12-5-6-12)18(26)22-13-4-3-7-21-9-13;;/h8,11-13,21H,3-7,9-10H2,1-2H3,(H,22,26)(H,24,27,28);2*1H. The highest BCUT2D eigenvalue weighted by Crippen LogP contribution is 2.39. The van der Waals surface area contributed by atoms with Crippen LogP contribution < -0.4 is 21.9 Å². The molecule has 0 bridgehead atoms. The molecule has 30 heavy (non-hydrogen) atoms. The molecule has 0 radical (unpaired) electrons. The smallest absolute Gasteiger partial charge is 0.330 e. The van der Waals surface area contributed by atoms with Crippen LogP contribution in [0.15, 0.2) is 15.7 Å². The van der Waals surface area contributed by atoms with Gasteiger partial charge in [0.1, 0.15) is 0 Å². The van der Waals surface area contributed by atoms with E-state index in [1.807, 2.05) is 13.8 Å². The number of pyridine rings is 1. The monoisotopic (exact) mass is 457 g/mol. The molecule has 4 rings (SSSR count). The molecule has 0 aromatic carbocycles. The molecule has 1 aliphatic carbocycles. The number of fused-ring (bicyclic) bond motifs is 1. The van der Waals surface area contributed by atoms with Crippen molar-refractivity contribution in [1.29, 1.82) is 0 Å². The van der Waals surface area contributed by atoms with Crippen molar-refractivity contribution < 1.29 is 4.79 Å². The van der Waals surface area contributed by atoms with E-state index in [9.17, 15) is 14.4 Å². The topological polar surface area (TPSA) is 109 Å². The summed E-state index contributed by atoms with van der Waals surface area (Å²) in [4.78, 5) is 45.2. The van der Waals surface area contributed by atoms with E-state index in [2.05, 4.69) is 20.6 Å². The summed E-state index contributed by atoms with van der Waals surface area (Å²) in [7, 11) is 0. The van der Waals surface area contributed by atoms with Crippen LogP contribution >= 0.6 is 24.8 Å². The van der Waals surface area contributed by atoms with Gasteiger partial charge in [0.15, 0.2) is 5.65 Å². The first-order valence-corrected chi connectivity index (χ1v) is 10.1. The average Bonchev–Trinajstić information content (AvgIpc) is 3.50. The SMILES string of the molecule is CC(C)Cn1c(=O)[nH]c(=O)c2c(C(=O)NC3CCCNC3)cc(C3CC3)nc21.Cl.Cl. The number of aromatic amines is 1. The molecule has 10 heteroatoms. The minimum atomic E-state index is -0.554. The Bertz CT molecular complexity index is 1020. The van der Waals surface area contributed by atoms with Crippen LogP contribution in [0.3, 0.4) is 0 Å². The fraction of sp³-hybridized carbons (Fsp3) is 0.600. The van der Waals surface area contributed by atoms with E-state index < -0.39 is 11.2 Å². The number of hydrogen-bond donors (Lipinski definition) is 3. The Hall–Kier alpha value is -1.90. The molecule has 2 aromatic rings. The zero-order valence-corrected chi connectivity index (χ0v) is 18.8. The van der Waals surface area contributed by atoms with Crippen molar-refractivity contribution in [2.24, 2.45) is 5.92 Å². The summed E-state index contributed by atoms with van der Waals surface area (Å²) in [5, 5.41) is 6.52. The summed E-state index contributed by atoms with van der Waals surface area (Å²) >= 11 is 0. The molecule has 8 nitrogen and oxygen atoms in total. The average molecular weight is 458 g/mol. The minimum Gasteiger partial charge on any atom is -0.348 e. The number of nitrogens with zero attached hydrogens (tertiary/aromatic N) is 2. The fourth-order valence-electron chi connectivity index (χ4n) is 3.83. The fourth-order valence-corrected chi connectivity index (χ4v) is 3.83. The zero-order valence-electron chi connectivity index (χ0n) is 17.2. The van der Waals surface area contributed by atoms with Gasteiger partial charge in [0.25, 0.3) is 11.5 Å². The van der Waals surface area contributed by atoms with Gasteiger partial charge in [-0.05, 0) is 44.2 Å². The van der Waals surface area contributed by atoms with Gasteiger partial charge in [0.05, 0.1) is 10.9 Å². The van der Waals surface area contributed by atoms with Crippen molar-refractivity contribution >= 4 is 41.8 Å². The Morgan fingerprint density at radius 2 is 2.00 bits per heavy atom. The maximum atomic E-state index is 13.1. The normalized spacial score (nSPS) is 18.6. The molecular weight excluding hydrogens is 429 g/mol. The van der Waals surface area contributed by atoms with E-state index in [1.54, 1.807) is 6.07 Å². The van der Waals surface area contributed by atoms with E-state index in [-0.39, 0.29) is 48.1 Å². The van der Waals surface area contributed by atoms with Crippen molar-refractivity contribution in [3.8, 4) is 0 Å². The highest BCUT2D eigenvalue weighted by Gasteiger charge is 2.29. The zero-order chi connectivity index (χ0) is 19.8. The quantitative estimate of drug-likeness (QED) is 0.635. The molecule has 1 saturated heterocycles. The van der Waals surface area contributed by atoms with Gasteiger partial charge < -0.3 is 10.6 Å². The Labute approximate surface area is 187 Å². The first kappa shape index (κ1) is 24.4. The van der Waals surface area contributed by atoms with E-state index in [1.165, 1.54) is 4.57 Å². The lowest BCUT2D eigenvalue weighted by molar-refractivity contribution is 0.0932. The van der Waals surface area contributed by atoms with Gasteiger partial charge in [-0.1, -0.05) is 13.8 Å². The Morgan fingerprint density at radius 3 is 2.60 bits per heavy atom. The second-order valence-electron chi connectivity index (χ2n) is 8.35. The Balaban J connectivity index is 0.00000160. The van der Waals surface area contributed by atoms with Gasteiger partial charge in [-0.2, -0.15) is 0 Å². The third kappa shape index (κ3) is 5.04. The number of amides is 1. The third-order valence-corrected chi connectivity index (χ3v) is 5.39. The molecule has 1 unspecified atom stereocenters. The van der Waals surface area contributed by atoms with Gasteiger partial charge in [0, 0.05) is 30.7 Å². The number of rotatable bonds is 5. The van der Waals surface area contributed by atoms with Crippen LogP contribution in [0, 0.1) is 5.92 Å². The van der Waals surface area contributed by atoms with Gasteiger partial charge in [-0.3, -0.25) is 19.1 Å². The number of halogens is 2. The number of aromatic nitrogens is 3. The van der Waals surface area contributed by atoms with Gasteiger partial charge in [-0.15, -0.1) is 24.8 Å². The largest absolute Gasteiger partial charge is 0.348 e. The predicted molar refractivity (Wildman–Crippen MR) is 121 cm³/mol. The molecule has 1 amide bonds. The van der Waals surface area contributed by atoms with Crippen LogP contribution in [0.2, 0.25) is 0 Å². The number of piperidine rings is 1. The van der Waals surface area contributed by atoms with Crippen molar-refractivity contribution in [3.05, 3.63) is 38.2 Å². The molecule has 2 aromatic heterocycles. The molecule has 0 spiro atoms.